The number of nitrogens with zero attached hydrogens (tertiary/aromatic N) is 4. The van der Waals surface area contributed by atoms with Gasteiger partial charge in [0.05, 0.1) is 6.20 Å². The fourth-order valence-corrected chi connectivity index (χ4v) is 3.54. The van der Waals surface area contributed by atoms with Gasteiger partial charge in [0.15, 0.2) is 0 Å². The molecule has 0 aliphatic carbocycles. The molecule has 3 rings (SSSR count). The van der Waals surface area contributed by atoms with Crippen LogP contribution in [0.3, 0.4) is 0 Å². The van der Waals surface area contributed by atoms with Crippen LogP contribution in [0.4, 0.5) is 0 Å². The number of amides is 1. The van der Waals surface area contributed by atoms with Crippen molar-refractivity contribution in [2.45, 2.75) is 38.6 Å². The molecule has 0 bridgehead atoms. The van der Waals surface area contributed by atoms with Crippen molar-refractivity contribution < 1.29 is 4.79 Å². The molecular weight excluding hydrogens is 314 g/mol. The predicted octanol–water partition coefficient (Wildman–Crippen LogP) is 2.34. The number of carbonyl (C=O) groups excluding carboxylic acids is 1. The maximum atomic E-state index is 12.6. The van der Waals surface area contributed by atoms with Gasteiger partial charge in [-0.3, -0.25) is 14.9 Å². The summed E-state index contributed by atoms with van der Waals surface area (Å²) >= 11 is 0. The molecule has 0 saturated carbocycles. The van der Waals surface area contributed by atoms with Crippen LogP contribution in [-0.4, -0.2) is 57.6 Å². The van der Waals surface area contributed by atoms with Gasteiger partial charge in [-0.05, 0) is 44.0 Å². The fraction of sp³-hybridized carbons (Fsp3) is 0.526. The summed E-state index contributed by atoms with van der Waals surface area (Å²) in [5, 5.41) is 7.24. The van der Waals surface area contributed by atoms with Gasteiger partial charge in [0.1, 0.15) is 0 Å². The van der Waals surface area contributed by atoms with Crippen LogP contribution in [0.5, 0.6) is 0 Å². The molecule has 1 aliphatic rings. The molecule has 1 fully saturated rings. The summed E-state index contributed by atoms with van der Waals surface area (Å²) in [5.74, 6) is 0.633. The highest BCUT2D eigenvalue weighted by Crippen LogP contribution is 2.27. The Balaban J connectivity index is 1.48. The fourth-order valence-electron chi connectivity index (χ4n) is 3.54. The zero-order valence-electron chi connectivity index (χ0n) is 15.1. The molecule has 1 aliphatic heterocycles. The Kier molecular flexibility index (Phi) is 5.81. The van der Waals surface area contributed by atoms with Crippen molar-refractivity contribution in [2.24, 2.45) is 0 Å². The number of aryl methyl sites for hydroxylation is 1. The van der Waals surface area contributed by atoms with Crippen molar-refractivity contribution in [2.75, 3.05) is 26.7 Å². The van der Waals surface area contributed by atoms with Gasteiger partial charge >= 0.3 is 0 Å². The van der Waals surface area contributed by atoms with Crippen molar-refractivity contribution >= 4 is 5.91 Å². The van der Waals surface area contributed by atoms with Crippen molar-refractivity contribution in [3.8, 4) is 0 Å². The molecule has 2 aromatic heterocycles. The highest BCUT2D eigenvalue weighted by molar-refractivity contribution is 5.76. The third-order valence-electron chi connectivity index (χ3n) is 4.93. The number of pyridine rings is 1. The van der Waals surface area contributed by atoms with Gasteiger partial charge in [-0.2, -0.15) is 5.10 Å². The number of hydrogen-bond acceptors (Lipinski definition) is 4. The Morgan fingerprint density at radius 3 is 3.04 bits per heavy atom. The summed E-state index contributed by atoms with van der Waals surface area (Å²) in [4.78, 5) is 20.9. The summed E-state index contributed by atoms with van der Waals surface area (Å²) in [6.07, 6.45) is 8.25. The molecule has 25 heavy (non-hydrogen) atoms. The summed E-state index contributed by atoms with van der Waals surface area (Å²) in [5.41, 5.74) is 3.55. The maximum Gasteiger partial charge on any atom is 0.223 e. The van der Waals surface area contributed by atoms with Gasteiger partial charge in [-0.25, -0.2) is 0 Å². The number of H-pyrrole nitrogens is 1. The first-order valence-electron chi connectivity index (χ1n) is 8.98. The lowest BCUT2D eigenvalue weighted by Gasteiger charge is -2.33. The first-order chi connectivity index (χ1) is 12.1. The van der Waals surface area contributed by atoms with Gasteiger partial charge in [0.2, 0.25) is 5.91 Å². The normalized spacial score (nSPS) is 17.9. The zero-order chi connectivity index (χ0) is 17.6. The van der Waals surface area contributed by atoms with Crippen LogP contribution < -0.4 is 0 Å². The minimum absolute atomic E-state index is 0.250. The standard InChI is InChI=1S/C19H27N5O/c1-15-11-21-22-19(15)17-6-4-9-24(14-17)18(25)7-10-23(2)13-16-5-3-8-20-12-16/h3,5,8,11-12,17H,4,6-7,9-10,13-14H2,1-2H3,(H,21,22)/t17-/m1/s1. The Morgan fingerprint density at radius 2 is 2.32 bits per heavy atom. The number of aromatic amines is 1. The molecule has 0 aromatic carbocycles. The van der Waals surface area contributed by atoms with E-state index in [1.807, 2.05) is 30.4 Å². The summed E-state index contributed by atoms with van der Waals surface area (Å²) < 4.78 is 0. The van der Waals surface area contributed by atoms with Crippen molar-refractivity contribution in [1.82, 2.24) is 25.0 Å². The van der Waals surface area contributed by atoms with E-state index in [0.29, 0.717) is 12.3 Å². The number of rotatable bonds is 6. The van der Waals surface area contributed by atoms with Gasteiger partial charge in [0, 0.05) is 56.6 Å². The van der Waals surface area contributed by atoms with Crippen molar-refractivity contribution in [3.05, 3.63) is 47.5 Å². The topological polar surface area (TPSA) is 65.1 Å². The average Bonchev–Trinajstić information content (AvgIpc) is 3.06. The van der Waals surface area contributed by atoms with E-state index in [2.05, 4.69) is 33.1 Å². The third-order valence-corrected chi connectivity index (χ3v) is 4.93. The van der Waals surface area contributed by atoms with Gasteiger partial charge in [-0.1, -0.05) is 6.07 Å². The molecule has 6 nitrogen and oxygen atoms in total. The summed E-state index contributed by atoms with van der Waals surface area (Å²) in [6.45, 7) is 5.32. The summed E-state index contributed by atoms with van der Waals surface area (Å²) in [6, 6.07) is 4.01. The van der Waals surface area contributed by atoms with Crippen LogP contribution in [0.15, 0.2) is 30.7 Å². The molecule has 0 radical (unpaired) electrons. The molecule has 0 unspecified atom stereocenters. The van der Waals surface area contributed by atoms with Crippen LogP contribution in [-0.2, 0) is 11.3 Å². The van der Waals surface area contributed by atoms with E-state index in [-0.39, 0.29) is 5.91 Å². The number of carbonyl (C=O) groups is 1. The number of nitrogens with one attached hydrogen (secondary N) is 1. The van der Waals surface area contributed by atoms with Gasteiger partial charge < -0.3 is 9.80 Å². The van der Waals surface area contributed by atoms with Gasteiger partial charge in [-0.15, -0.1) is 0 Å². The van der Waals surface area contributed by atoms with E-state index < -0.39 is 0 Å². The van der Waals surface area contributed by atoms with E-state index in [1.165, 1.54) is 16.8 Å². The number of likely N-dealkylation sites (tertiary alicyclic amines) is 1. The van der Waals surface area contributed by atoms with Crippen molar-refractivity contribution in [1.29, 1.82) is 0 Å². The first-order valence-corrected chi connectivity index (χ1v) is 8.98. The van der Waals surface area contributed by atoms with Gasteiger partial charge in [0.25, 0.3) is 0 Å². The highest BCUT2D eigenvalue weighted by Gasteiger charge is 2.26. The molecule has 3 heterocycles. The van der Waals surface area contributed by atoms with E-state index in [1.54, 1.807) is 6.20 Å². The lowest BCUT2D eigenvalue weighted by Crippen LogP contribution is -2.40. The SMILES string of the molecule is Cc1cn[nH]c1[C@@H]1CCCN(C(=O)CCN(C)Cc2cccnc2)C1. The number of aromatic nitrogens is 3. The molecule has 0 spiro atoms. The molecule has 1 N–H and O–H groups in total. The third kappa shape index (κ3) is 4.66. The Hall–Kier alpha value is -2.21. The first kappa shape index (κ1) is 17.6. The number of piperidine rings is 1. The molecule has 134 valence electrons. The maximum absolute atomic E-state index is 12.6. The second-order valence-corrected chi connectivity index (χ2v) is 6.99. The van der Waals surface area contributed by atoms with E-state index in [0.717, 1.165) is 39.0 Å². The second-order valence-electron chi connectivity index (χ2n) is 6.99. The smallest absolute Gasteiger partial charge is 0.223 e. The van der Waals surface area contributed by atoms with Crippen molar-refractivity contribution in [3.63, 3.8) is 0 Å². The van der Waals surface area contributed by atoms with Crippen LogP contribution in [0, 0.1) is 6.92 Å². The minimum Gasteiger partial charge on any atom is -0.342 e. The lowest BCUT2D eigenvalue weighted by molar-refractivity contribution is -0.132. The van der Waals surface area contributed by atoms with Crippen LogP contribution >= 0.6 is 0 Å². The minimum atomic E-state index is 0.250. The van der Waals surface area contributed by atoms with Crippen LogP contribution in [0.1, 0.15) is 42.0 Å². The predicted molar refractivity (Wildman–Crippen MR) is 97.1 cm³/mol. The van der Waals surface area contributed by atoms with Crippen LogP contribution in [0.2, 0.25) is 0 Å². The quantitative estimate of drug-likeness (QED) is 0.876. The average molecular weight is 341 g/mol. The van der Waals surface area contributed by atoms with E-state index in [4.69, 9.17) is 0 Å². The monoisotopic (exact) mass is 341 g/mol. The second kappa shape index (κ2) is 8.25. The summed E-state index contributed by atoms with van der Waals surface area (Å²) in [7, 11) is 2.05. The lowest BCUT2D eigenvalue weighted by atomic mass is 9.93. The number of hydrogen-bond donors (Lipinski definition) is 1. The van der Waals surface area contributed by atoms with Crippen LogP contribution in [0.25, 0.3) is 0 Å². The molecule has 2 aromatic rings. The molecule has 1 atom stereocenters. The van der Waals surface area contributed by atoms with E-state index in [9.17, 15) is 4.79 Å². The van der Waals surface area contributed by atoms with E-state index >= 15 is 0 Å². The largest absolute Gasteiger partial charge is 0.342 e. The Labute approximate surface area is 149 Å². The molecule has 6 heteroatoms. The molecule has 1 saturated heterocycles. The zero-order valence-corrected chi connectivity index (χ0v) is 15.1. The molecule has 1 amide bonds. The Morgan fingerprint density at radius 1 is 1.44 bits per heavy atom. The Bertz CT molecular complexity index is 684. The highest BCUT2D eigenvalue weighted by atomic mass is 16.2. The molecular formula is C19H27N5O.